The van der Waals surface area contributed by atoms with E-state index in [0.29, 0.717) is 5.92 Å². The second kappa shape index (κ2) is 3.54. The van der Waals surface area contributed by atoms with Crippen molar-refractivity contribution in [2.45, 2.75) is 6.54 Å². The van der Waals surface area contributed by atoms with Crippen molar-refractivity contribution in [2.75, 3.05) is 19.8 Å². The molecule has 1 aromatic rings. The summed E-state index contributed by atoms with van der Waals surface area (Å²) < 4.78 is 12.1. The molecule has 0 bridgehead atoms. The van der Waals surface area contributed by atoms with Crippen molar-refractivity contribution in [3.63, 3.8) is 0 Å². The van der Waals surface area contributed by atoms with Crippen molar-refractivity contribution >= 4 is 11.3 Å². The van der Waals surface area contributed by atoms with Gasteiger partial charge in [-0.3, -0.25) is 9.29 Å². The second-order valence-corrected chi connectivity index (χ2v) is 4.13. The predicted octanol–water partition coefficient (Wildman–Crippen LogP) is 2.15. The molecule has 66 valence electrons. The molecule has 0 radical (unpaired) electrons. The van der Waals surface area contributed by atoms with Gasteiger partial charge >= 0.3 is 0 Å². The zero-order valence-corrected chi connectivity index (χ0v) is 7.69. The van der Waals surface area contributed by atoms with Gasteiger partial charge in [0.1, 0.15) is 0 Å². The Kier molecular flexibility index (Phi) is 2.42. The first kappa shape index (κ1) is 8.20. The number of hydrogen-bond acceptors (Lipinski definition) is 2. The molecule has 0 unspecified atom stereocenters. The van der Waals surface area contributed by atoms with E-state index in [0.717, 1.165) is 19.6 Å². The molecule has 1 saturated heterocycles. The Balaban J connectivity index is 1.77. The molecule has 12 heavy (non-hydrogen) atoms. The minimum atomic E-state index is -0.153. The maximum Gasteiger partial charge on any atom is 0.0947 e. The van der Waals surface area contributed by atoms with E-state index >= 15 is 0 Å². The van der Waals surface area contributed by atoms with Crippen LogP contribution in [0.15, 0.2) is 16.8 Å². The fourth-order valence-electron chi connectivity index (χ4n) is 1.54. The van der Waals surface area contributed by atoms with Gasteiger partial charge in [-0.25, -0.2) is 0 Å². The van der Waals surface area contributed by atoms with Crippen molar-refractivity contribution in [3.8, 4) is 0 Å². The Morgan fingerprint density at radius 2 is 2.42 bits per heavy atom. The summed E-state index contributed by atoms with van der Waals surface area (Å²) in [7, 11) is 0. The first-order chi connectivity index (χ1) is 5.88. The van der Waals surface area contributed by atoms with Crippen molar-refractivity contribution in [1.29, 1.82) is 0 Å². The topological polar surface area (TPSA) is 3.24 Å². The maximum absolute atomic E-state index is 12.1. The third-order valence-corrected chi connectivity index (χ3v) is 2.97. The summed E-state index contributed by atoms with van der Waals surface area (Å²) in [6.45, 7) is 2.72. The summed E-state index contributed by atoms with van der Waals surface area (Å²) in [5, 5.41) is 4.24. The van der Waals surface area contributed by atoms with E-state index in [4.69, 9.17) is 0 Å². The van der Waals surface area contributed by atoms with Crippen LogP contribution in [0.2, 0.25) is 0 Å². The standard InChI is InChI=1S/C9H12FNS/c10-3-9-5-11(6-9)4-8-1-2-12-7-8/h1-2,7,9H,3-6H2. The number of rotatable bonds is 3. The van der Waals surface area contributed by atoms with E-state index in [2.05, 4.69) is 21.7 Å². The molecule has 0 N–H and O–H groups in total. The highest BCUT2D eigenvalue weighted by atomic mass is 32.1. The largest absolute Gasteiger partial charge is 0.298 e. The molecule has 1 nitrogen and oxygen atoms in total. The third-order valence-electron chi connectivity index (χ3n) is 2.24. The quantitative estimate of drug-likeness (QED) is 0.697. The summed E-state index contributed by atoms with van der Waals surface area (Å²) in [6.07, 6.45) is 0. The second-order valence-electron chi connectivity index (χ2n) is 3.35. The van der Waals surface area contributed by atoms with Gasteiger partial charge < -0.3 is 0 Å². The molecule has 0 amide bonds. The van der Waals surface area contributed by atoms with E-state index in [1.165, 1.54) is 5.56 Å². The average Bonchev–Trinajstić information content (AvgIpc) is 2.47. The molecule has 0 spiro atoms. The van der Waals surface area contributed by atoms with Gasteiger partial charge in [-0.2, -0.15) is 11.3 Å². The van der Waals surface area contributed by atoms with Crippen LogP contribution in [0.1, 0.15) is 5.56 Å². The summed E-state index contributed by atoms with van der Waals surface area (Å²) >= 11 is 1.72. The number of halogens is 1. The summed E-state index contributed by atoms with van der Waals surface area (Å²) in [6, 6.07) is 2.13. The minimum Gasteiger partial charge on any atom is -0.298 e. The molecule has 0 saturated carbocycles. The molecular formula is C9H12FNS. The van der Waals surface area contributed by atoms with E-state index in [1.807, 2.05) is 0 Å². The van der Waals surface area contributed by atoms with Crippen LogP contribution in [0, 0.1) is 5.92 Å². The lowest BCUT2D eigenvalue weighted by Gasteiger charge is -2.37. The van der Waals surface area contributed by atoms with E-state index in [1.54, 1.807) is 11.3 Å². The van der Waals surface area contributed by atoms with Crippen LogP contribution < -0.4 is 0 Å². The SMILES string of the molecule is FCC1CN(Cc2ccsc2)C1. The maximum atomic E-state index is 12.1. The number of thiophene rings is 1. The first-order valence-corrected chi connectivity index (χ1v) is 5.12. The van der Waals surface area contributed by atoms with Gasteiger partial charge in [-0.15, -0.1) is 0 Å². The van der Waals surface area contributed by atoms with Crippen molar-refractivity contribution in [2.24, 2.45) is 5.92 Å². The van der Waals surface area contributed by atoms with Gasteiger partial charge in [0.25, 0.3) is 0 Å². The molecule has 1 aliphatic rings. The van der Waals surface area contributed by atoms with Crippen molar-refractivity contribution in [1.82, 2.24) is 4.90 Å². The van der Waals surface area contributed by atoms with Gasteiger partial charge in [0.05, 0.1) is 6.67 Å². The van der Waals surface area contributed by atoms with Crippen LogP contribution in [0.25, 0.3) is 0 Å². The Morgan fingerprint density at radius 3 is 3.00 bits per heavy atom. The molecule has 1 fully saturated rings. The minimum absolute atomic E-state index is 0.153. The highest BCUT2D eigenvalue weighted by molar-refractivity contribution is 7.07. The lowest BCUT2D eigenvalue weighted by atomic mass is 10.0. The molecule has 3 heteroatoms. The molecular weight excluding hydrogens is 173 g/mol. The Bertz CT molecular complexity index is 229. The molecule has 1 aliphatic heterocycles. The highest BCUT2D eigenvalue weighted by Crippen LogP contribution is 2.19. The van der Waals surface area contributed by atoms with E-state index in [9.17, 15) is 4.39 Å². The Hall–Kier alpha value is -0.410. The van der Waals surface area contributed by atoms with Crippen LogP contribution in [0.3, 0.4) is 0 Å². The lowest BCUT2D eigenvalue weighted by molar-refractivity contribution is 0.0739. The smallest absolute Gasteiger partial charge is 0.0947 e. The van der Waals surface area contributed by atoms with Crippen LogP contribution in [0.5, 0.6) is 0 Å². The molecule has 1 aromatic heterocycles. The molecule has 2 heterocycles. The highest BCUT2D eigenvalue weighted by Gasteiger charge is 2.25. The van der Waals surface area contributed by atoms with Crippen molar-refractivity contribution < 1.29 is 4.39 Å². The van der Waals surface area contributed by atoms with Gasteiger partial charge in [-0.05, 0) is 22.4 Å². The van der Waals surface area contributed by atoms with Gasteiger partial charge in [0.15, 0.2) is 0 Å². The van der Waals surface area contributed by atoms with Crippen LogP contribution in [-0.4, -0.2) is 24.7 Å². The zero-order valence-electron chi connectivity index (χ0n) is 6.87. The van der Waals surface area contributed by atoms with Crippen molar-refractivity contribution in [3.05, 3.63) is 22.4 Å². The normalized spacial score (nSPS) is 19.4. The fourth-order valence-corrected chi connectivity index (χ4v) is 2.20. The first-order valence-electron chi connectivity index (χ1n) is 4.18. The zero-order chi connectivity index (χ0) is 8.39. The third kappa shape index (κ3) is 1.67. The number of likely N-dealkylation sites (tertiary alicyclic amines) is 1. The molecule has 0 atom stereocenters. The van der Waals surface area contributed by atoms with Crippen LogP contribution in [-0.2, 0) is 6.54 Å². The van der Waals surface area contributed by atoms with Gasteiger partial charge in [0.2, 0.25) is 0 Å². The molecule has 0 aromatic carbocycles. The Morgan fingerprint density at radius 1 is 1.58 bits per heavy atom. The fraction of sp³-hybridized carbons (Fsp3) is 0.556. The number of nitrogens with zero attached hydrogens (tertiary/aromatic N) is 1. The Labute approximate surface area is 75.8 Å². The molecule has 2 rings (SSSR count). The number of alkyl halides is 1. The van der Waals surface area contributed by atoms with Gasteiger partial charge in [0, 0.05) is 25.6 Å². The van der Waals surface area contributed by atoms with Gasteiger partial charge in [-0.1, -0.05) is 0 Å². The monoisotopic (exact) mass is 185 g/mol. The summed E-state index contributed by atoms with van der Waals surface area (Å²) in [5.74, 6) is 0.309. The molecule has 0 aliphatic carbocycles. The van der Waals surface area contributed by atoms with E-state index in [-0.39, 0.29) is 6.67 Å². The van der Waals surface area contributed by atoms with Crippen LogP contribution >= 0.6 is 11.3 Å². The average molecular weight is 185 g/mol. The lowest BCUT2D eigenvalue weighted by Crippen LogP contribution is -2.46. The predicted molar refractivity (Wildman–Crippen MR) is 49.1 cm³/mol. The summed E-state index contributed by atoms with van der Waals surface area (Å²) in [4.78, 5) is 2.28. The number of hydrogen-bond donors (Lipinski definition) is 0. The summed E-state index contributed by atoms with van der Waals surface area (Å²) in [5.41, 5.74) is 1.36. The van der Waals surface area contributed by atoms with Crippen LogP contribution in [0.4, 0.5) is 4.39 Å². The van der Waals surface area contributed by atoms with E-state index < -0.39 is 0 Å².